The van der Waals surface area contributed by atoms with Crippen molar-refractivity contribution in [3.63, 3.8) is 0 Å². The van der Waals surface area contributed by atoms with Gasteiger partial charge in [-0.1, -0.05) is 25.4 Å². The van der Waals surface area contributed by atoms with Gasteiger partial charge in [0.15, 0.2) is 5.82 Å². The zero-order valence-electron chi connectivity index (χ0n) is 9.07. The van der Waals surface area contributed by atoms with Gasteiger partial charge in [-0.3, -0.25) is 4.79 Å². The molecule has 5 N–H and O–H groups in total. The molecule has 0 bridgehead atoms. The summed E-state index contributed by atoms with van der Waals surface area (Å²) < 4.78 is 0. The maximum atomic E-state index is 11.2. The van der Waals surface area contributed by atoms with E-state index in [1.165, 1.54) is 6.33 Å². The zero-order valence-corrected chi connectivity index (χ0v) is 9.82. The van der Waals surface area contributed by atoms with Gasteiger partial charge in [-0.15, -0.1) is 0 Å². The van der Waals surface area contributed by atoms with Crippen LogP contribution in [0.5, 0.6) is 0 Å². The van der Waals surface area contributed by atoms with Crippen LogP contribution in [0.15, 0.2) is 6.33 Å². The molecular formula is C9H14ClN5O. The van der Waals surface area contributed by atoms with Gasteiger partial charge in [-0.2, -0.15) is 0 Å². The van der Waals surface area contributed by atoms with Gasteiger partial charge >= 0.3 is 0 Å². The van der Waals surface area contributed by atoms with E-state index in [9.17, 15) is 4.79 Å². The van der Waals surface area contributed by atoms with Crippen LogP contribution in [0, 0.1) is 5.92 Å². The lowest BCUT2D eigenvalue weighted by molar-refractivity contribution is -0.119. The van der Waals surface area contributed by atoms with Gasteiger partial charge in [0.05, 0.1) is 0 Å². The zero-order chi connectivity index (χ0) is 12.3. The molecule has 7 heteroatoms. The van der Waals surface area contributed by atoms with E-state index in [1.807, 2.05) is 13.8 Å². The molecule has 1 amide bonds. The number of halogens is 1. The normalized spacial score (nSPS) is 12.5. The number of primary amides is 1. The van der Waals surface area contributed by atoms with Crippen LogP contribution in [0.3, 0.4) is 0 Å². The van der Waals surface area contributed by atoms with Crippen molar-refractivity contribution in [2.24, 2.45) is 11.7 Å². The summed E-state index contributed by atoms with van der Waals surface area (Å²) in [6.07, 6.45) is 1.27. The van der Waals surface area contributed by atoms with Crippen molar-refractivity contribution in [2.75, 3.05) is 11.1 Å². The van der Waals surface area contributed by atoms with Gasteiger partial charge in [0.25, 0.3) is 0 Å². The molecule has 0 aliphatic rings. The van der Waals surface area contributed by atoms with Gasteiger partial charge in [0.1, 0.15) is 23.2 Å². The molecule has 1 atom stereocenters. The second-order valence-corrected chi connectivity index (χ2v) is 4.07. The Bertz CT molecular complexity index is 395. The molecule has 6 nitrogen and oxygen atoms in total. The van der Waals surface area contributed by atoms with Crippen molar-refractivity contribution in [1.82, 2.24) is 9.97 Å². The van der Waals surface area contributed by atoms with Crippen LogP contribution >= 0.6 is 11.6 Å². The Kier molecular flexibility index (Phi) is 3.89. The molecule has 0 radical (unpaired) electrons. The van der Waals surface area contributed by atoms with Crippen molar-refractivity contribution in [3.8, 4) is 0 Å². The first kappa shape index (κ1) is 12.5. The number of carbonyl (C=O) groups excluding carboxylic acids is 1. The van der Waals surface area contributed by atoms with E-state index >= 15 is 0 Å². The Labute approximate surface area is 98.4 Å². The molecule has 0 saturated carbocycles. The largest absolute Gasteiger partial charge is 0.382 e. The Morgan fingerprint density at radius 2 is 2.12 bits per heavy atom. The fourth-order valence-corrected chi connectivity index (χ4v) is 1.35. The minimum atomic E-state index is -0.549. The number of nitrogen functional groups attached to an aromatic ring is 1. The van der Waals surface area contributed by atoms with Gasteiger partial charge < -0.3 is 16.8 Å². The lowest BCUT2D eigenvalue weighted by Crippen LogP contribution is -2.39. The number of carbonyl (C=O) groups is 1. The third kappa shape index (κ3) is 2.73. The first-order valence-electron chi connectivity index (χ1n) is 4.75. The van der Waals surface area contributed by atoms with Gasteiger partial charge in [0, 0.05) is 0 Å². The van der Waals surface area contributed by atoms with Crippen LogP contribution < -0.4 is 16.8 Å². The molecule has 1 aromatic heterocycles. The quantitative estimate of drug-likeness (QED) is 0.719. The number of anilines is 2. The monoisotopic (exact) mass is 243 g/mol. The molecule has 0 fully saturated rings. The predicted molar refractivity (Wildman–Crippen MR) is 62.9 cm³/mol. The second kappa shape index (κ2) is 4.98. The minimum Gasteiger partial charge on any atom is -0.382 e. The number of nitrogens with one attached hydrogen (secondary N) is 1. The summed E-state index contributed by atoms with van der Waals surface area (Å²) in [6.45, 7) is 3.72. The van der Waals surface area contributed by atoms with E-state index in [2.05, 4.69) is 15.3 Å². The maximum absolute atomic E-state index is 11.2. The summed E-state index contributed by atoms with van der Waals surface area (Å²) >= 11 is 5.88. The molecule has 0 spiro atoms. The van der Waals surface area contributed by atoms with Crippen LogP contribution in [0.25, 0.3) is 0 Å². The van der Waals surface area contributed by atoms with Gasteiger partial charge in [0.2, 0.25) is 5.91 Å². The lowest BCUT2D eigenvalue weighted by Gasteiger charge is -2.20. The Morgan fingerprint density at radius 1 is 1.50 bits per heavy atom. The smallest absolute Gasteiger partial charge is 0.240 e. The molecule has 0 saturated heterocycles. The van der Waals surface area contributed by atoms with Crippen LogP contribution in [-0.2, 0) is 4.79 Å². The van der Waals surface area contributed by atoms with Crippen molar-refractivity contribution in [3.05, 3.63) is 11.3 Å². The Morgan fingerprint density at radius 3 is 2.62 bits per heavy atom. The molecule has 1 rings (SSSR count). The molecular weight excluding hydrogens is 230 g/mol. The molecule has 1 aromatic rings. The highest BCUT2D eigenvalue weighted by Gasteiger charge is 2.21. The highest BCUT2D eigenvalue weighted by Crippen LogP contribution is 2.24. The number of nitrogens with zero attached hydrogens (tertiary/aromatic N) is 2. The second-order valence-electron chi connectivity index (χ2n) is 3.69. The van der Waals surface area contributed by atoms with Crippen LogP contribution in [0.4, 0.5) is 11.6 Å². The number of hydrogen-bond donors (Lipinski definition) is 3. The first-order chi connectivity index (χ1) is 7.43. The SMILES string of the molecule is CC(C)C(Nc1ncnc(N)c1Cl)C(N)=O. The molecule has 1 unspecified atom stereocenters. The summed E-state index contributed by atoms with van der Waals surface area (Å²) in [5, 5.41) is 3.04. The predicted octanol–water partition coefficient (Wildman–Crippen LogP) is 0.634. The summed E-state index contributed by atoms with van der Waals surface area (Å²) in [4.78, 5) is 18.8. The average molecular weight is 244 g/mol. The summed E-state index contributed by atoms with van der Waals surface area (Å²) in [5.74, 6) is 0.0193. The van der Waals surface area contributed by atoms with E-state index in [1.54, 1.807) is 0 Å². The maximum Gasteiger partial charge on any atom is 0.240 e. The molecule has 0 aromatic carbocycles. The summed E-state index contributed by atoms with van der Waals surface area (Å²) in [6, 6.07) is -0.549. The number of rotatable bonds is 4. The standard InChI is InChI=1S/C9H14ClN5O/c1-4(2)6(8(12)16)15-9-5(10)7(11)13-3-14-9/h3-4,6H,1-2H3,(H2,12,16)(H3,11,13,14,15). The van der Waals surface area contributed by atoms with E-state index < -0.39 is 11.9 Å². The molecule has 0 aliphatic heterocycles. The van der Waals surface area contributed by atoms with Crippen molar-refractivity contribution in [2.45, 2.75) is 19.9 Å². The molecule has 16 heavy (non-hydrogen) atoms. The van der Waals surface area contributed by atoms with Gasteiger partial charge in [-0.25, -0.2) is 9.97 Å². The number of nitrogens with two attached hydrogens (primary N) is 2. The summed E-state index contributed by atoms with van der Waals surface area (Å²) in [5.41, 5.74) is 10.8. The topological polar surface area (TPSA) is 107 Å². The third-order valence-electron chi connectivity index (χ3n) is 2.08. The first-order valence-corrected chi connectivity index (χ1v) is 5.13. The van der Waals surface area contributed by atoms with E-state index in [0.717, 1.165) is 0 Å². The summed E-state index contributed by atoms with van der Waals surface area (Å²) in [7, 11) is 0. The van der Waals surface area contributed by atoms with Crippen molar-refractivity contribution >= 4 is 29.1 Å². The fraction of sp³-hybridized carbons (Fsp3) is 0.444. The van der Waals surface area contributed by atoms with Gasteiger partial charge in [-0.05, 0) is 5.92 Å². The van der Waals surface area contributed by atoms with E-state index in [0.29, 0.717) is 5.82 Å². The fourth-order valence-electron chi connectivity index (χ4n) is 1.20. The Hall–Kier alpha value is -1.56. The number of aromatic nitrogens is 2. The number of amides is 1. The van der Waals surface area contributed by atoms with Crippen LogP contribution in [-0.4, -0.2) is 21.9 Å². The molecule has 1 heterocycles. The Balaban J connectivity index is 2.94. The minimum absolute atomic E-state index is 0.0183. The molecule has 0 aliphatic carbocycles. The highest BCUT2D eigenvalue weighted by molar-refractivity contribution is 6.35. The number of hydrogen-bond acceptors (Lipinski definition) is 5. The molecule has 88 valence electrons. The highest BCUT2D eigenvalue weighted by atomic mass is 35.5. The average Bonchev–Trinajstić information content (AvgIpc) is 2.19. The van der Waals surface area contributed by atoms with E-state index in [4.69, 9.17) is 23.1 Å². The van der Waals surface area contributed by atoms with E-state index in [-0.39, 0.29) is 16.8 Å². The van der Waals surface area contributed by atoms with Crippen molar-refractivity contribution in [1.29, 1.82) is 0 Å². The third-order valence-corrected chi connectivity index (χ3v) is 2.45. The lowest BCUT2D eigenvalue weighted by atomic mass is 10.0. The van der Waals surface area contributed by atoms with Crippen LogP contribution in [0.1, 0.15) is 13.8 Å². The van der Waals surface area contributed by atoms with Crippen LogP contribution in [0.2, 0.25) is 5.02 Å². The van der Waals surface area contributed by atoms with Crippen molar-refractivity contribution < 1.29 is 4.79 Å².